The van der Waals surface area contributed by atoms with Crippen LogP contribution in [0.3, 0.4) is 0 Å². The monoisotopic (exact) mass is 294 g/mol. The molecule has 0 spiro atoms. The first-order valence-corrected chi connectivity index (χ1v) is 7.65. The van der Waals surface area contributed by atoms with Gasteiger partial charge in [-0.15, -0.1) is 0 Å². The summed E-state index contributed by atoms with van der Waals surface area (Å²) in [6.45, 7) is 7.30. The number of hydrogen-bond acceptors (Lipinski definition) is 2. The fraction of sp³-hybridized carbons (Fsp3) is 0.562. The highest BCUT2D eigenvalue weighted by molar-refractivity contribution is 7.80. The van der Waals surface area contributed by atoms with Crippen molar-refractivity contribution in [3.8, 4) is 0 Å². The van der Waals surface area contributed by atoms with Gasteiger partial charge in [0.25, 0.3) is 0 Å². The van der Waals surface area contributed by atoms with Crippen LogP contribution in [0.4, 0.5) is 4.39 Å². The van der Waals surface area contributed by atoms with Gasteiger partial charge in [-0.2, -0.15) is 0 Å². The molecule has 1 aromatic rings. The lowest BCUT2D eigenvalue weighted by Gasteiger charge is -2.39. The molecular formula is C16H23FN2S. The molecule has 0 aliphatic carbocycles. The van der Waals surface area contributed by atoms with Crippen molar-refractivity contribution in [2.45, 2.75) is 39.7 Å². The van der Waals surface area contributed by atoms with Crippen molar-refractivity contribution >= 4 is 17.2 Å². The Morgan fingerprint density at radius 2 is 2.05 bits per heavy atom. The summed E-state index contributed by atoms with van der Waals surface area (Å²) in [7, 11) is 0. The second-order valence-electron chi connectivity index (χ2n) is 6.08. The van der Waals surface area contributed by atoms with E-state index in [-0.39, 0.29) is 10.8 Å². The van der Waals surface area contributed by atoms with Crippen molar-refractivity contribution in [1.29, 1.82) is 0 Å². The van der Waals surface area contributed by atoms with Gasteiger partial charge in [-0.25, -0.2) is 4.39 Å². The summed E-state index contributed by atoms with van der Waals surface area (Å²) in [5, 5.41) is 0. The maximum Gasteiger partial charge on any atom is 0.137 e. The normalized spacial score (nSPS) is 18.9. The largest absolute Gasteiger partial charge is 0.389 e. The summed E-state index contributed by atoms with van der Waals surface area (Å²) in [5.74, 6) is -0.260. The number of benzene rings is 1. The van der Waals surface area contributed by atoms with E-state index >= 15 is 0 Å². The van der Waals surface area contributed by atoms with Gasteiger partial charge in [-0.3, -0.25) is 4.90 Å². The quantitative estimate of drug-likeness (QED) is 0.862. The molecule has 110 valence electrons. The summed E-state index contributed by atoms with van der Waals surface area (Å²) in [6.07, 6.45) is 3.58. The molecule has 0 saturated carbocycles. The van der Waals surface area contributed by atoms with Gasteiger partial charge in [-0.05, 0) is 37.4 Å². The lowest BCUT2D eigenvalue weighted by atomic mass is 9.78. The maximum absolute atomic E-state index is 14.3. The number of rotatable bonds is 4. The van der Waals surface area contributed by atoms with Crippen molar-refractivity contribution < 1.29 is 4.39 Å². The minimum absolute atomic E-state index is 0.126. The predicted octanol–water partition coefficient (Wildman–Crippen LogP) is 3.47. The zero-order valence-electron chi connectivity index (χ0n) is 12.3. The molecule has 1 aliphatic heterocycles. The highest BCUT2D eigenvalue weighted by atomic mass is 32.1. The van der Waals surface area contributed by atoms with Crippen LogP contribution < -0.4 is 5.73 Å². The predicted molar refractivity (Wildman–Crippen MR) is 85.2 cm³/mol. The van der Waals surface area contributed by atoms with Crippen LogP contribution in [-0.2, 0) is 6.54 Å². The van der Waals surface area contributed by atoms with Crippen molar-refractivity contribution in [3.05, 3.63) is 35.1 Å². The Morgan fingerprint density at radius 1 is 1.40 bits per heavy atom. The molecule has 4 heteroatoms. The summed E-state index contributed by atoms with van der Waals surface area (Å²) in [5.41, 5.74) is 7.05. The molecule has 20 heavy (non-hydrogen) atoms. The fourth-order valence-corrected chi connectivity index (χ4v) is 2.90. The van der Waals surface area contributed by atoms with E-state index in [1.165, 1.54) is 19.3 Å². The molecule has 0 unspecified atom stereocenters. The van der Waals surface area contributed by atoms with Crippen LogP contribution in [0.5, 0.6) is 0 Å². The van der Waals surface area contributed by atoms with Gasteiger partial charge in [0, 0.05) is 17.7 Å². The molecule has 0 atom stereocenters. The van der Waals surface area contributed by atoms with Gasteiger partial charge in [0.2, 0.25) is 0 Å². The van der Waals surface area contributed by atoms with Gasteiger partial charge in [0.05, 0.1) is 0 Å². The van der Waals surface area contributed by atoms with Crippen LogP contribution in [0.1, 0.15) is 44.2 Å². The van der Waals surface area contributed by atoms with Gasteiger partial charge in [0.1, 0.15) is 10.8 Å². The topological polar surface area (TPSA) is 29.3 Å². The molecule has 2 N–H and O–H groups in total. The van der Waals surface area contributed by atoms with Crippen LogP contribution in [0.2, 0.25) is 0 Å². The molecule has 2 rings (SSSR count). The number of likely N-dealkylation sites (tertiary alicyclic amines) is 1. The Balaban J connectivity index is 2.05. The summed E-state index contributed by atoms with van der Waals surface area (Å²) in [6, 6.07) is 5.29. The van der Waals surface area contributed by atoms with E-state index in [0.29, 0.717) is 23.1 Å². The van der Waals surface area contributed by atoms with Gasteiger partial charge in [0.15, 0.2) is 0 Å². The first kappa shape index (κ1) is 15.4. The number of piperidine rings is 1. The number of thiocarbonyl (C=S) groups is 1. The molecule has 1 fully saturated rings. The third-order valence-electron chi connectivity index (χ3n) is 4.65. The average molecular weight is 294 g/mol. The highest BCUT2D eigenvalue weighted by Gasteiger charge is 2.28. The standard InChI is InChI=1S/C16H23FN2S/c1-3-16(2)7-9-19(10-8-16)11-12-5-4-6-13(14(12)17)15(18)20/h4-6H,3,7-11H2,1-2H3,(H2,18,20). The molecule has 0 amide bonds. The van der Waals surface area contributed by atoms with E-state index in [9.17, 15) is 4.39 Å². The van der Waals surface area contributed by atoms with Crippen LogP contribution >= 0.6 is 12.2 Å². The average Bonchev–Trinajstić information content (AvgIpc) is 2.43. The molecule has 1 heterocycles. The van der Waals surface area contributed by atoms with Crippen LogP contribution in [0.25, 0.3) is 0 Å². The van der Waals surface area contributed by atoms with Crippen molar-refractivity contribution in [1.82, 2.24) is 4.90 Å². The van der Waals surface area contributed by atoms with E-state index in [4.69, 9.17) is 18.0 Å². The van der Waals surface area contributed by atoms with E-state index < -0.39 is 0 Å². The van der Waals surface area contributed by atoms with Crippen LogP contribution in [-0.4, -0.2) is 23.0 Å². The molecule has 0 bridgehead atoms. The molecule has 0 aromatic heterocycles. The van der Waals surface area contributed by atoms with E-state index in [1.54, 1.807) is 6.07 Å². The molecule has 0 radical (unpaired) electrons. The number of halogens is 1. The molecule has 1 aromatic carbocycles. The Kier molecular flexibility index (Phi) is 4.76. The third kappa shape index (κ3) is 3.36. The lowest BCUT2D eigenvalue weighted by molar-refractivity contribution is 0.109. The van der Waals surface area contributed by atoms with E-state index in [0.717, 1.165) is 13.1 Å². The van der Waals surface area contributed by atoms with E-state index in [2.05, 4.69) is 18.7 Å². The molecular weight excluding hydrogens is 271 g/mol. The third-order valence-corrected chi connectivity index (χ3v) is 4.87. The Morgan fingerprint density at radius 3 is 2.60 bits per heavy atom. The van der Waals surface area contributed by atoms with Crippen molar-refractivity contribution in [2.24, 2.45) is 11.1 Å². The number of hydrogen-bond donors (Lipinski definition) is 1. The fourth-order valence-electron chi connectivity index (χ4n) is 2.74. The summed E-state index contributed by atoms with van der Waals surface area (Å²) in [4.78, 5) is 2.45. The number of nitrogens with two attached hydrogens (primary N) is 1. The minimum atomic E-state index is -0.260. The Bertz CT molecular complexity index is 493. The first-order chi connectivity index (χ1) is 9.45. The van der Waals surface area contributed by atoms with Gasteiger partial charge < -0.3 is 5.73 Å². The van der Waals surface area contributed by atoms with Gasteiger partial charge in [-0.1, -0.05) is 44.6 Å². The summed E-state index contributed by atoms with van der Waals surface area (Å²) < 4.78 is 14.3. The number of nitrogens with zero attached hydrogens (tertiary/aromatic N) is 1. The van der Waals surface area contributed by atoms with Crippen LogP contribution in [0.15, 0.2) is 18.2 Å². The zero-order valence-corrected chi connectivity index (χ0v) is 13.1. The first-order valence-electron chi connectivity index (χ1n) is 7.25. The second-order valence-corrected chi connectivity index (χ2v) is 6.52. The lowest BCUT2D eigenvalue weighted by Crippen LogP contribution is -2.38. The van der Waals surface area contributed by atoms with Crippen molar-refractivity contribution in [3.63, 3.8) is 0 Å². The molecule has 1 saturated heterocycles. The smallest absolute Gasteiger partial charge is 0.137 e. The minimum Gasteiger partial charge on any atom is -0.389 e. The SMILES string of the molecule is CCC1(C)CCN(Cc2cccc(C(N)=S)c2F)CC1. The van der Waals surface area contributed by atoms with Crippen LogP contribution in [0, 0.1) is 11.2 Å². The molecule has 1 aliphatic rings. The zero-order chi connectivity index (χ0) is 14.8. The Hall–Kier alpha value is -1.00. The Labute approximate surface area is 126 Å². The second kappa shape index (κ2) is 6.19. The van der Waals surface area contributed by atoms with Gasteiger partial charge >= 0.3 is 0 Å². The molecule has 2 nitrogen and oxygen atoms in total. The highest BCUT2D eigenvalue weighted by Crippen LogP contribution is 2.34. The maximum atomic E-state index is 14.3. The van der Waals surface area contributed by atoms with E-state index in [1.807, 2.05) is 12.1 Å². The van der Waals surface area contributed by atoms with Crippen molar-refractivity contribution in [2.75, 3.05) is 13.1 Å². The summed E-state index contributed by atoms with van der Waals surface area (Å²) >= 11 is 4.88.